The van der Waals surface area contributed by atoms with Crippen LogP contribution in [0.4, 0.5) is 5.69 Å². The Morgan fingerprint density at radius 1 is 1.22 bits per heavy atom. The van der Waals surface area contributed by atoms with Crippen LogP contribution in [0.15, 0.2) is 51.7 Å². The van der Waals surface area contributed by atoms with E-state index in [1.54, 1.807) is 18.2 Å². The number of oxazole rings is 1. The molecule has 0 radical (unpaired) electrons. The smallest absolute Gasteiger partial charge is 0.419 e. The molecule has 1 N–H and O–H groups in total. The lowest BCUT2D eigenvalue weighted by Gasteiger charge is -2.09. The molecule has 0 aliphatic carbocycles. The van der Waals surface area contributed by atoms with Crippen molar-refractivity contribution in [2.75, 3.05) is 12.4 Å². The first-order valence-electron chi connectivity index (χ1n) is 8.25. The summed E-state index contributed by atoms with van der Waals surface area (Å²) in [6.07, 6.45) is 0.605. The lowest BCUT2D eigenvalue weighted by Crippen LogP contribution is -2.17. The summed E-state index contributed by atoms with van der Waals surface area (Å²) in [4.78, 5) is 35.7. The summed E-state index contributed by atoms with van der Waals surface area (Å²) < 4.78 is 11.3. The van der Waals surface area contributed by atoms with E-state index in [0.717, 1.165) is 0 Å². The maximum Gasteiger partial charge on any atom is 0.419 e. The van der Waals surface area contributed by atoms with Gasteiger partial charge in [0.1, 0.15) is 0 Å². The van der Waals surface area contributed by atoms with Crippen molar-refractivity contribution in [3.63, 3.8) is 0 Å². The molecule has 0 saturated carbocycles. The number of carbonyl (C=O) groups excluding carboxylic acids is 2. The normalized spacial score (nSPS) is 10.7. The van der Waals surface area contributed by atoms with Crippen LogP contribution >= 0.6 is 11.6 Å². The third-order valence-electron chi connectivity index (χ3n) is 4.02. The highest BCUT2D eigenvalue weighted by molar-refractivity contribution is 6.33. The molecule has 8 heteroatoms. The summed E-state index contributed by atoms with van der Waals surface area (Å²) in [5, 5.41) is 2.98. The van der Waals surface area contributed by atoms with E-state index in [1.165, 1.54) is 29.9 Å². The number of methoxy groups -OCH3 is 1. The van der Waals surface area contributed by atoms with Gasteiger partial charge in [-0.15, -0.1) is 0 Å². The number of anilines is 1. The summed E-state index contributed by atoms with van der Waals surface area (Å²) in [5.74, 6) is -1.25. The molecule has 140 valence electrons. The average Bonchev–Trinajstić information content (AvgIpc) is 2.98. The Balaban J connectivity index is 1.62. The number of rotatable bonds is 6. The maximum atomic E-state index is 12.2. The number of fused-ring (bicyclic) bond motifs is 1. The van der Waals surface area contributed by atoms with Crippen molar-refractivity contribution in [2.45, 2.75) is 19.4 Å². The molecular formula is C19H17ClN2O5. The summed E-state index contributed by atoms with van der Waals surface area (Å²) in [5.41, 5.74) is 1.82. The van der Waals surface area contributed by atoms with Crippen LogP contribution in [0.3, 0.4) is 0 Å². The van der Waals surface area contributed by atoms with E-state index in [9.17, 15) is 14.4 Å². The van der Waals surface area contributed by atoms with Gasteiger partial charge in [-0.1, -0.05) is 23.7 Å². The molecule has 1 heterocycles. The molecular weight excluding hydrogens is 372 g/mol. The lowest BCUT2D eigenvalue weighted by molar-refractivity contribution is -0.116. The van der Waals surface area contributed by atoms with Gasteiger partial charge in [0, 0.05) is 13.0 Å². The Morgan fingerprint density at radius 3 is 2.78 bits per heavy atom. The van der Waals surface area contributed by atoms with Gasteiger partial charge in [-0.25, -0.2) is 9.59 Å². The Bertz CT molecular complexity index is 1050. The first kappa shape index (κ1) is 18.7. The summed E-state index contributed by atoms with van der Waals surface area (Å²) in [6.45, 7) is 0.346. The Hall–Kier alpha value is -3.06. The van der Waals surface area contributed by atoms with E-state index < -0.39 is 11.7 Å². The van der Waals surface area contributed by atoms with Gasteiger partial charge in [-0.05, 0) is 36.8 Å². The molecule has 0 atom stereocenters. The third-order valence-corrected chi connectivity index (χ3v) is 4.35. The number of halogens is 1. The largest absolute Gasteiger partial charge is 0.465 e. The maximum absolute atomic E-state index is 12.2. The minimum Gasteiger partial charge on any atom is -0.465 e. The monoisotopic (exact) mass is 388 g/mol. The minimum atomic E-state index is -0.520. The molecule has 0 saturated heterocycles. The number of nitrogens with one attached hydrogen (secondary N) is 1. The number of nitrogens with zero attached hydrogens (tertiary/aromatic N) is 1. The first-order chi connectivity index (χ1) is 13.0. The number of esters is 1. The minimum absolute atomic E-state index is 0.171. The Kier molecular flexibility index (Phi) is 5.61. The topological polar surface area (TPSA) is 90.5 Å². The van der Waals surface area contributed by atoms with E-state index >= 15 is 0 Å². The van der Waals surface area contributed by atoms with Gasteiger partial charge < -0.3 is 14.5 Å². The van der Waals surface area contributed by atoms with Gasteiger partial charge in [-0.2, -0.15) is 0 Å². The molecule has 0 aliphatic rings. The first-order valence-corrected chi connectivity index (χ1v) is 8.63. The molecule has 3 rings (SSSR count). The number of para-hydroxylation sites is 2. The van der Waals surface area contributed by atoms with Crippen molar-refractivity contribution in [2.24, 2.45) is 0 Å². The zero-order valence-corrected chi connectivity index (χ0v) is 15.3. The SMILES string of the molecule is COC(=O)c1ccc(Cl)c(NC(=O)CCCn2c(=O)oc3ccccc32)c1. The summed E-state index contributed by atoms with van der Waals surface area (Å²) in [6, 6.07) is 11.6. The van der Waals surface area contributed by atoms with Crippen LogP contribution in [0.2, 0.25) is 5.02 Å². The number of hydrogen-bond donors (Lipinski definition) is 1. The highest BCUT2D eigenvalue weighted by Gasteiger charge is 2.12. The lowest BCUT2D eigenvalue weighted by atomic mass is 10.2. The Labute approximate surface area is 159 Å². The summed E-state index contributed by atoms with van der Waals surface area (Å²) >= 11 is 6.06. The second-order valence-corrected chi connectivity index (χ2v) is 6.23. The second-order valence-electron chi connectivity index (χ2n) is 5.83. The third kappa shape index (κ3) is 4.20. The molecule has 1 amide bonds. The molecule has 27 heavy (non-hydrogen) atoms. The number of ether oxygens (including phenoxy) is 1. The molecule has 1 aromatic heterocycles. The van der Waals surface area contributed by atoms with Gasteiger partial charge >= 0.3 is 11.7 Å². The van der Waals surface area contributed by atoms with E-state index in [2.05, 4.69) is 10.1 Å². The van der Waals surface area contributed by atoms with Gasteiger partial charge in [0.2, 0.25) is 5.91 Å². The van der Waals surface area contributed by atoms with Crippen LogP contribution in [0, 0.1) is 0 Å². The zero-order chi connectivity index (χ0) is 19.4. The average molecular weight is 389 g/mol. The second kappa shape index (κ2) is 8.09. The molecule has 7 nitrogen and oxygen atoms in total. The van der Waals surface area contributed by atoms with Crippen LogP contribution in [-0.4, -0.2) is 23.6 Å². The van der Waals surface area contributed by atoms with E-state index in [0.29, 0.717) is 34.8 Å². The van der Waals surface area contributed by atoms with Crippen LogP contribution < -0.4 is 11.1 Å². The number of benzene rings is 2. The van der Waals surface area contributed by atoms with E-state index in [4.69, 9.17) is 16.0 Å². The van der Waals surface area contributed by atoms with Crippen molar-refractivity contribution in [1.29, 1.82) is 0 Å². The van der Waals surface area contributed by atoms with Crippen LogP contribution in [0.1, 0.15) is 23.2 Å². The quantitative estimate of drug-likeness (QED) is 0.653. The highest BCUT2D eigenvalue weighted by Crippen LogP contribution is 2.24. The standard InChI is InChI=1S/C19H17ClN2O5/c1-26-18(24)12-8-9-13(20)14(11-12)21-17(23)7-4-10-22-15-5-2-3-6-16(15)27-19(22)25/h2-3,5-6,8-9,11H,4,7,10H2,1H3,(H,21,23). The molecule has 0 unspecified atom stereocenters. The van der Waals surface area contributed by atoms with Crippen molar-refractivity contribution in [3.8, 4) is 0 Å². The molecule has 0 fully saturated rings. The highest BCUT2D eigenvalue weighted by atomic mass is 35.5. The molecule has 0 spiro atoms. The predicted octanol–water partition coefficient (Wildman–Crippen LogP) is 3.45. The fourth-order valence-corrected chi connectivity index (χ4v) is 2.87. The molecule has 3 aromatic rings. The van der Waals surface area contributed by atoms with Crippen molar-refractivity contribution in [3.05, 3.63) is 63.6 Å². The van der Waals surface area contributed by atoms with Crippen LogP contribution in [0.5, 0.6) is 0 Å². The van der Waals surface area contributed by atoms with Crippen molar-refractivity contribution in [1.82, 2.24) is 4.57 Å². The molecule has 2 aromatic carbocycles. The fourth-order valence-electron chi connectivity index (χ4n) is 2.70. The molecule has 0 aliphatic heterocycles. The number of carbonyl (C=O) groups is 2. The van der Waals surface area contributed by atoms with E-state index in [-0.39, 0.29) is 17.9 Å². The van der Waals surface area contributed by atoms with Gasteiger partial charge in [0.25, 0.3) is 0 Å². The molecule has 0 bridgehead atoms. The number of aryl methyl sites for hydroxylation is 1. The number of aromatic nitrogens is 1. The zero-order valence-electron chi connectivity index (χ0n) is 14.5. The van der Waals surface area contributed by atoms with Crippen molar-refractivity contribution < 1.29 is 18.7 Å². The van der Waals surface area contributed by atoms with Gasteiger partial charge in [-0.3, -0.25) is 9.36 Å². The number of hydrogen-bond acceptors (Lipinski definition) is 5. The predicted molar refractivity (Wildman–Crippen MR) is 101 cm³/mol. The fraction of sp³-hybridized carbons (Fsp3) is 0.211. The van der Waals surface area contributed by atoms with Crippen LogP contribution in [-0.2, 0) is 16.1 Å². The van der Waals surface area contributed by atoms with Gasteiger partial charge in [0.05, 0.1) is 28.9 Å². The Morgan fingerprint density at radius 2 is 2.00 bits per heavy atom. The van der Waals surface area contributed by atoms with Crippen LogP contribution in [0.25, 0.3) is 11.1 Å². The van der Waals surface area contributed by atoms with Crippen molar-refractivity contribution >= 4 is 40.3 Å². The van der Waals surface area contributed by atoms with Gasteiger partial charge in [0.15, 0.2) is 5.58 Å². The summed E-state index contributed by atoms with van der Waals surface area (Å²) in [7, 11) is 1.27. The number of amides is 1. The van der Waals surface area contributed by atoms with E-state index in [1.807, 2.05) is 6.07 Å².